The van der Waals surface area contributed by atoms with E-state index in [1.54, 1.807) is 10.3 Å². The van der Waals surface area contributed by atoms with Gasteiger partial charge in [0.2, 0.25) is 0 Å². The maximum absolute atomic E-state index is 14.5. The van der Waals surface area contributed by atoms with Gasteiger partial charge in [-0.3, -0.25) is 19.4 Å². The van der Waals surface area contributed by atoms with Crippen molar-refractivity contribution in [1.82, 2.24) is 14.9 Å². The van der Waals surface area contributed by atoms with Gasteiger partial charge in [-0.15, -0.1) is 0 Å². The van der Waals surface area contributed by atoms with Gasteiger partial charge >= 0.3 is 11.9 Å². The van der Waals surface area contributed by atoms with E-state index in [-0.39, 0.29) is 16.3 Å². The number of benzene rings is 2. The number of rotatable bonds is 4. The van der Waals surface area contributed by atoms with Crippen LogP contribution in [0.5, 0.6) is 5.75 Å². The first-order valence-corrected chi connectivity index (χ1v) is 9.88. The topological polar surface area (TPSA) is 122 Å². The fourth-order valence-electron chi connectivity index (χ4n) is 3.63. The van der Waals surface area contributed by atoms with Crippen LogP contribution in [0.3, 0.4) is 0 Å². The fraction of sp³-hybridized carbons (Fsp3) is 0.143. The van der Waals surface area contributed by atoms with Crippen molar-refractivity contribution in [2.75, 3.05) is 12.4 Å². The highest BCUT2D eigenvalue weighted by Gasteiger charge is 2.68. The van der Waals surface area contributed by atoms with Gasteiger partial charge in [0.25, 0.3) is 22.9 Å². The molecule has 0 radical (unpaired) electrons. The second-order valence-electron chi connectivity index (χ2n) is 7.18. The van der Waals surface area contributed by atoms with Crippen molar-refractivity contribution in [2.45, 2.75) is 11.7 Å². The highest BCUT2D eigenvalue weighted by Crippen LogP contribution is 2.45. The van der Waals surface area contributed by atoms with Gasteiger partial charge in [-0.1, -0.05) is 17.7 Å². The lowest BCUT2D eigenvalue weighted by atomic mass is 9.91. The molecule has 1 aliphatic rings. The molecule has 2 amide bonds. The number of nitrogens with zero attached hydrogens (tertiary/aromatic N) is 1. The number of aromatic nitrogens is 2. The smallest absolute Gasteiger partial charge is 0.425 e. The Morgan fingerprint density at radius 1 is 1.12 bits per heavy atom. The number of fused-ring (bicyclic) bond motifs is 1. The number of hydrogen-bond acceptors (Lipinski definition) is 5. The van der Waals surface area contributed by atoms with Crippen LogP contribution < -0.4 is 26.6 Å². The summed E-state index contributed by atoms with van der Waals surface area (Å²) in [5, 5.41) is 3.67. The monoisotopic (exact) mass is 494 g/mol. The standard InChI is InChI=1S/C21H14ClF3N4O5/c1-34-13-7-5-12(6-8-13)29-15-14(17(31)27-19(29)33)20(18(32)26-15,21(23,24)25)28-16(30)10-3-2-4-11(22)9-10/h2-9H,1H3,(H,26,32)(H,28,30)(H,27,31,33)/t20-/m1/s1. The third-order valence-corrected chi connectivity index (χ3v) is 5.44. The molecule has 2 aromatic carbocycles. The molecular formula is C21H14ClF3N4O5. The Hall–Kier alpha value is -4.06. The van der Waals surface area contributed by atoms with Gasteiger partial charge in [0.1, 0.15) is 17.1 Å². The van der Waals surface area contributed by atoms with E-state index in [0.29, 0.717) is 10.3 Å². The summed E-state index contributed by atoms with van der Waals surface area (Å²) in [5.74, 6) is -3.42. The number of H-pyrrole nitrogens is 1. The summed E-state index contributed by atoms with van der Waals surface area (Å²) >= 11 is 5.81. The summed E-state index contributed by atoms with van der Waals surface area (Å²) in [4.78, 5) is 52.5. The third kappa shape index (κ3) is 3.52. The van der Waals surface area contributed by atoms with Crippen LogP contribution in [0.4, 0.5) is 19.0 Å². The van der Waals surface area contributed by atoms with E-state index in [9.17, 15) is 32.3 Å². The molecule has 34 heavy (non-hydrogen) atoms. The third-order valence-electron chi connectivity index (χ3n) is 5.20. The van der Waals surface area contributed by atoms with E-state index >= 15 is 0 Å². The Morgan fingerprint density at radius 2 is 1.79 bits per heavy atom. The van der Waals surface area contributed by atoms with Gasteiger partial charge in [-0.25, -0.2) is 9.36 Å². The average molecular weight is 495 g/mol. The van der Waals surface area contributed by atoms with Crippen molar-refractivity contribution in [3.05, 3.63) is 85.5 Å². The van der Waals surface area contributed by atoms with Crippen LogP contribution in [-0.2, 0) is 10.3 Å². The van der Waals surface area contributed by atoms with Crippen LogP contribution in [0.2, 0.25) is 5.02 Å². The van der Waals surface area contributed by atoms with Gasteiger partial charge in [0.15, 0.2) is 0 Å². The number of carbonyl (C=O) groups is 2. The number of carbonyl (C=O) groups excluding carboxylic acids is 2. The molecule has 0 bridgehead atoms. The highest BCUT2D eigenvalue weighted by molar-refractivity contribution is 6.31. The normalized spacial score (nSPS) is 17.1. The first-order valence-electron chi connectivity index (χ1n) is 9.50. The number of methoxy groups -OCH3 is 1. The lowest BCUT2D eigenvalue weighted by Crippen LogP contribution is -2.62. The number of alkyl halides is 3. The first-order chi connectivity index (χ1) is 16.0. The molecule has 1 aromatic heterocycles. The number of amides is 2. The van der Waals surface area contributed by atoms with Gasteiger partial charge < -0.3 is 15.4 Å². The van der Waals surface area contributed by atoms with Crippen molar-refractivity contribution in [3.63, 3.8) is 0 Å². The van der Waals surface area contributed by atoms with Crippen molar-refractivity contribution in [1.29, 1.82) is 0 Å². The summed E-state index contributed by atoms with van der Waals surface area (Å²) in [7, 11) is 1.39. The van der Waals surface area contributed by atoms with E-state index in [1.165, 1.54) is 49.6 Å². The molecule has 0 spiro atoms. The summed E-state index contributed by atoms with van der Waals surface area (Å²) in [5.41, 5.74) is -7.82. The Bertz CT molecular complexity index is 1430. The second-order valence-corrected chi connectivity index (χ2v) is 7.62. The van der Waals surface area contributed by atoms with Crippen LogP contribution in [0.15, 0.2) is 58.1 Å². The predicted molar refractivity (Wildman–Crippen MR) is 114 cm³/mol. The summed E-state index contributed by atoms with van der Waals surface area (Å²) in [6, 6.07) is 10.5. The van der Waals surface area contributed by atoms with E-state index < -0.39 is 46.2 Å². The van der Waals surface area contributed by atoms with E-state index in [2.05, 4.69) is 0 Å². The van der Waals surface area contributed by atoms with Crippen molar-refractivity contribution in [3.8, 4) is 11.4 Å². The SMILES string of the molecule is COc1ccc(-n2c3c(c(=O)[nH]c2=O)[C@](NC(=O)c2cccc(Cl)c2)(C(F)(F)F)C(=O)N3)cc1. The molecule has 1 aliphatic heterocycles. The molecule has 0 saturated carbocycles. The Labute approximate surface area is 193 Å². The van der Waals surface area contributed by atoms with Crippen molar-refractivity contribution >= 4 is 29.2 Å². The fourth-order valence-corrected chi connectivity index (χ4v) is 3.82. The van der Waals surface area contributed by atoms with Gasteiger partial charge in [-0.05, 0) is 42.5 Å². The minimum absolute atomic E-state index is 0.0257. The minimum atomic E-state index is -5.47. The molecule has 2 heterocycles. The maximum Gasteiger partial charge on any atom is 0.425 e. The van der Waals surface area contributed by atoms with Crippen LogP contribution in [0.25, 0.3) is 5.69 Å². The molecule has 4 rings (SSSR count). The molecule has 0 unspecified atom stereocenters. The van der Waals surface area contributed by atoms with Crippen molar-refractivity contribution < 1.29 is 27.5 Å². The molecule has 0 saturated heterocycles. The quantitative estimate of drug-likeness (QED) is 0.514. The van der Waals surface area contributed by atoms with Gasteiger partial charge in [0.05, 0.1) is 12.8 Å². The number of ether oxygens (including phenoxy) is 1. The molecule has 0 fully saturated rings. The number of anilines is 1. The van der Waals surface area contributed by atoms with Gasteiger partial charge in [0, 0.05) is 10.6 Å². The molecule has 1 atom stereocenters. The van der Waals surface area contributed by atoms with E-state index in [4.69, 9.17) is 16.3 Å². The molecule has 3 N–H and O–H groups in total. The number of hydrogen-bond donors (Lipinski definition) is 3. The Balaban J connectivity index is 1.95. The van der Waals surface area contributed by atoms with Crippen LogP contribution in [0, 0.1) is 0 Å². The number of nitrogens with one attached hydrogen (secondary N) is 3. The molecule has 9 nitrogen and oxygen atoms in total. The van der Waals surface area contributed by atoms with E-state index in [1.807, 2.05) is 5.32 Å². The van der Waals surface area contributed by atoms with Crippen molar-refractivity contribution in [2.24, 2.45) is 0 Å². The predicted octanol–water partition coefficient (Wildman–Crippen LogP) is 2.33. The number of halogens is 4. The lowest BCUT2D eigenvalue weighted by Gasteiger charge is -2.30. The second kappa shape index (κ2) is 8.06. The van der Waals surface area contributed by atoms with Crippen LogP contribution in [-0.4, -0.2) is 34.7 Å². The van der Waals surface area contributed by atoms with Crippen LogP contribution >= 0.6 is 11.6 Å². The van der Waals surface area contributed by atoms with Gasteiger partial charge in [-0.2, -0.15) is 13.2 Å². The largest absolute Gasteiger partial charge is 0.497 e. The zero-order chi connectivity index (χ0) is 24.8. The first kappa shape index (κ1) is 23.1. The molecule has 176 valence electrons. The molecule has 3 aromatic rings. The summed E-state index contributed by atoms with van der Waals surface area (Å²) in [6.45, 7) is 0. The molecule has 0 aliphatic carbocycles. The summed E-state index contributed by atoms with van der Waals surface area (Å²) < 4.78 is 49.1. The number of aromatic amines is 1. The lowest BCUT2D eigenvalue weighted by molar-refractivity contribution is -0.196. The minimum Gasteiger partial charge on any atom is -0.497 e. The highest BCUT2D eigenvalue weighted by atomic mass is 35.5. The summed E-state index contributed by atoms with van der Waals surface area (Å²) in [6.07, 6.45) is -5.47. The average Bonchev–Trinajstić information content (AvgIpc) is 3.07. The zero-order valence-electron chi connectivity index (χ0n) is 17.1. The zero-order valence-corrected chi connectivity index (χ0v) is 17.9. The Morgan fingerprint density at radius 3 is 2.38 bits per heavy atom. The molecular weight excluding hydrogens is 481 g/mol. The van der Waals surface area contributed by atoms with E-state index in [0.717, 1.165) is 6.07 Å². The van der Waals surface area contributed by atoms with Crippen LogP contribution in [0.1, 0.15) is 15.9 Å². The molecule has 13 heteroatoms. The maximum atomic E-state index is 14.5. The Kier molecular flexibility index (Phi) is 5.48.